The van der Waals surface area contributed by atoms with Gasteiger partial charge in [0.1, 0.15) is 5.65 Å². The molecule has 2 fully saturated rings. The number of aliphatic hydroxyl groups is 2. The summed E-state index contributed by atoms with van der Waals surface area (Å²) in [7, 11) is 1.58. The van der Waals surface area contributed by atoms with Crippen LogP contribution in [0.15, 0.2) is 77.9 Å². The number of aliphatic hydroxyl groups excluding tert-OH is 2. The van der Waals surface area contributed by atoms with Crippen molar-refractivity contribution >= 4 is 34.8 Å². The first-order valence-electron chi connectivity index (χ1n) is 16.4. The van der Waals surface area contributed by atoms with Crippen LogP contribution in [0.2, 0.25) is 10.0 Å². The van der Waals surface area contributed by atoms with Crippen LogP contribution in [0.1, 0.15) is 24.0 Å². The summed E-state index contributed by atoms with van der Waals surface area (Å²) in [6, 6.07) is 19.1. The molecule has 0 spiro atoms. The van der Waals surface area contributed by atoms with E-state index < -0.39 is 12.2 Å². The van der Waals surface area contributed by atoms with Gasteiger partial charge in [-0.05, 0) is 30.2 Å². The molecule has 5 heterocycles. The minimum Gasteiger partial charge on any atom is -0.481 e. The van der Waals surface area contributed by atoms with Crippen LogP contribution in [0, 0.1) is 0 Å². The van der Waals surface area contributed by atoms with Crippen LogP contribution in [0.25, 0.3) is 39.2 Å². The van der Waals surface area contributed by atoms with Crippen LogP contribution in [0.4, 0.5) is 0 Å². The molecule has 0 aliphatic carbocycles. The van der Waals surface area contributed by atoms with Gasteiger partial charge in [0.15, 0.2) is 0 Å². The fourth-order valence-corrected chi connectivity index (χ4v) is 7.31. The molecule has 3 aromatic heterocycles. The van der Waals surface area contributed by atoms with Gasteiger partial charge < -0.3 is 25.6 Å². The second kappa shape index (κ2) is 14.5. The Bertz CT molecular complexity index is 2130. The number of carbonyl (C=O) groups is 1. The quantitative estimate of drug-likeness (QED) is 0.167. The number of carbonyl (C=O) groups excluding carboxylic acids is 1. The zero-order valence-corrected chi connectivity index (χ0v) is 28.8. The first-order chi connectivity index (χ1) is 24.2. The summed E-state index contributed by atoms with van der Waals surface area (Å²) in [4.78, 5) is 35.9. The Hall–Kier alpha value is -4.36. The number of pyridine rings is 2. The van der Waals surface area contributed by atoms with E-state index in [4.69, 9.17) is 32.9 Å². The number of ether oxygens (including phenoxy) is 1. The van der Waals surface area contributed by atoms with E-state index in [1.165, 1.54) is 4.40 Å². The van der Waals surface area contributed by atoms with Crippen molar-refractivity contribution in [3.63, 3.8) is 0 Å². The summed E-state index contributed by atoms with van der Waals surface area (Å²) in [5.41, 5.74) is 5.98. The highest BCUT2D eigenvalue weighted by atomic mass is 35.5. The molecule has 0 saturated carbocycles. The number of β-amino-alcohol motifs (C(OH)–C–C–N with tert-alkyl or cyclic N) is 2. The fraction of sp³-hybridized carbons (Fsp3) is 0.297. The third-order valence-corrected chi connectivity index (χ3v) is 10.1. The fourth-order valence-electron chi connectivity index (χ4n) is 6.65. The average molecular weight is 716 g/mol. The van der Waals surface area contributed by atoms with Crippen molar-refractivity contribution in [1.29, 1.82) is 0 Å². The normalized spacial score (nSPS) is 19.3. The van der Waals surface area contributed by atoms with Crippen molar-refractivity contribution in [1.82, 2.24) is 29.9 Å². The second-order valence-corrected chi connectivity index (χ2v) is 13.5. The lowest BCUT2D eigenvalue weighted by Crippen LogP contribution is -2.35. The van der Waals surface area contributed by atoms with E-state index in [9.17, 15) is 19.8 Å². The van der Waals surface area contributed by atoms with E-state index in [1.807, 2.05) is 65.6 Å². The number of nitrogens with zero attached hydrogens (tertiary/aromatic N) is 4. The molecule has 1 amide bonds. The van der Waals surface area contributed by atoms with Gasteiger partial charge in [-0.1, -0.05) is 65.7 Å². The van der Waals surface area contributed by atoms with E-state index in [1.54, 1.807) is 19.5 Å². The first-order valence-corrected chi connectivity index (χ1v) is 17.2. The van der Waals surface area contributed by atoms with Crippen LogP contribution in [0.3, 0.4) is 0 Å². The van der Waals surface area contributed by atoms with Crippen molar-refractivity contribution in [3.05, 3.63) is 105 Å². The van der Waals surface area contributed by atoms with Gasteiger partial charge in [-0.25, -0.2) is 9.97 Å². The lowest BCUT2D eigenvalue weighted by atomic mass is 9.97. The zero-order chi connectivity index (χ0) is 34.9. The molecule has 0 radical (unpaired) electrons. The Balaban J connectivity index is 1.13. The minimum absolute atomic E-state index is 0.0887. The summed E-state index contributed by atoms with van der Waals surface area (Å²) in [5, 5.41) is 27.1. The summed E-state index contributed by atoms with van der Waals surface area (Å²) in [6.45, 7) is 2.07. The highest BCUT2D eigenvalue weighted by Crippen LogP contribution is 2.42. The number of hydrogen-bond acceptors (Lipinski definition) is 9. The Morgan fingerprint density at radius 2 is 1.64 bits per heavy atom. The number of methoxy groups -OCH3 is 1. The molecule has 2 aromatic carbocycles. The average Bonchev–Trinajstić information content (AvgIpc) is 3.68. The predicted octanol–water partition coefficient (Wildman–Crippen LogP) is 4.31. The summed E-state index contributed by atoms with van der Waals surface area (Å²) < 4.78 is 7.12. The third-order valence-electron chi connectivity index (χ3n) is 9.31. The smallest absolute Gasteiger partial charge is 0.262 e. The second-order valence-electron chi connectivity index (χ2n) is 12.7. The SMILES string of the molecule is COc1nc(-c2cccc(-c3cccc(-c4ccn5c(=O)c(CN6C[C@H](O)[C@@H](O)C6)cnc5c4)c3Cl)c2Cl)ccc1CNC[C@H]1CCC(=O)N1. The van der Waals surface area contributed by atoms with Gasteiger partial charge >= 0.3 is 0 Å². The van der Waals surface area contributed by atoms with E-state index in [2.05, 4.69) is 15.6 Å². The third kappa shape index (κ3) is 6.85. The van der Waals surface area contributed by atoms with Crippen molar-refractivity contribution in [2.75, 3.05) is 26.7 Å². The summed E-state index contributed by atoms with van der Waals surface area (Å²) in [5.74, 6) is 0.572. The predicted molar refractivity (Wildman–Crippen MR) is 192 cm³/mol. The standard InChI is InChI=1S/C37H36Cl2N6O5/c1-50-36-22(15-40-17-24-9-11-33(48)42-24)8-10-29(43-36)28-7-3-6-27(35(28)39)26-5-2-4-25(34(26)38)21-12-13-45-32(14-21)41-16-23(37(45)49)18-44-19-30(46)31(47)20-44/h2-8,10,12-14,16,24,30-31,40,46-47H,9,11,15,17-20H2,1H3,(H,42,48)/t24-,30+,31+/m1/s1. The molecule has 50 heavy (non-hydrogen) atoms. The Kier molecular flexibility index (Phi) is 9.87. The van der Waals surface area contributed by atoms with E-state index in [0.29, 0.717) is 65.4 Å². The maximum absolute atomic E-state index is 13.3. The van der Waals surface area contributed by atoms with Crippen LogP contribution in [0.5, 0.6) is 5.88 Å². The van der Waals surface area contributed by atoms with Gasteiger partial charge in [0.2, 0.25) is 11.8 Å². The van der Waals surface area contributed by atoms with Crippen molar-refractivity contribution < 1.29 is 19.7 Å². The van der Waals surface area contributed by atoms with Crippen molar-refractivity contribution in [3.8, 4) is 39.4 Å². The van der Waals surface area contributed by atoms with Crippen molar-refractivity contribution in [2.24, 2.45) is 0 Å². The minimum atomic E-state index is -0.828. The first kappa shape index (κ1) is 34.1. The van der Waals surface area contributed by atoms with E-state index >= 15 is 0 Å². The maximum atomic E-state index is 13.3. The molecule has 3 atom stereocenters. The molecular formula is C37H36Cl2N6O5. The topological polar surface area (TPSA) is 141 Å². The largest absolute Gasteiger partial charge is 0.481 e. The number of likely N-dealkylation sites (tertiary alicyclic amines) is 1. The number of benzene rings is 2. The molecule has 258 valence electrons. The van der Waals surface area contributed by atoms with Crippen LogP contribution in [-0.2, 0) is 17.9 Å². The lowest BCUT2D eigenvalue weighted by molar-refractivity contribution is -0.119. The number of amides is 1. The van der Waals surface area contributed by atoms with E-state index in [0.717, 1.165) is 39.8 Å². The molecule has 2 saturated heterocycles. The molecule has 11 nitrogen and oxygen atoms in total. The van der Waals surface area contributed by atoms with Crippen LogP contribution in [-0.4, -0.2) is 80.4 Å². The number of nitrogens with one attached hydrogen (secondary N) is 2. The van der Waals surface area contributed by atoms with Crippen LogP contribution >= 0.6 is 23.2 Å². The molecule has 13 heteroatoms. The molecule has 4 N–H and O–H groups in total. The number of hydrogen-bond donors (Lipinski definition) is 4. The van der Waals surface area contributed by atoms with Gasteiger partial charge in [0.05, 0.1) is 40.6 Å². The van der Waals surface area contributed by atoms with Crippen molar-refractivity contribution in [2.45, 2.75) is 44.2 Å². The lowest BCUT2D eigenvalue weighted by Gasteiger charge is -2.16. The monoisotopic (exact) mass is 714 g/mol. The molecule has 2 aliphatic heterocycles. The van der Waals surface area contributed by atoms with Gasteiger partial charge in [-0.15, -0.1) is 0 Å². The Labute approximate surface area is 298 Å². The zero-order valence-electron chi connectivity index (χ0n) is 27.3. The Morgan fingerprint density at radius 1 is 0.940 bits per heavy atom. The summed E-state index contributed by atoms with van der Waals surface area (Å²) >= 11 is 14.2. The highest BCUT2D eigenvalue weighted by Gasteiger charge is 2.30. The van der Waals surface area contributed by atoms with E-state index in [-0.39, 0.29) is 24.1 Å². The van der Waals surface area contributed by atoms with Crippen LogP contribution < -0.4 is 20.9 Å². The van der Waals surface area contributed by atoms with Gasteiger partial charge in [0, 0.05) is 85.4 Å². The number of aromatic nitrogens is 3. The molecule has 7 rings (SSSR count). The molecule has 2 aliphatic rings. The molecule has 0 unspecified atom stereocenters. The van der Waals surface area contributed by atoms with Gasteiger partial charge in [-0.3, -0.25) is 18.9 Å². The number of halogens is 2. The number of fused-ring (bicyclic) bond motifs is 1. The molecular weight excluding hydrogens is 679 g/mol. The summed E-state index contributed by atoms with van der Waals surface area (Å²) in [6.07, 6.45) is 2.96. The van der Waals surface area contributed by atoms with Gasteiger partial charge in [0.25, 0.3) is 5.56 Å². The highest BCUT2D eigenvalue weighted by molar-refractivity contribution is 6.39. The Morgan fingerprint density at radius 3 is 2.34 bits per heavy atom. The maximum Gasteiger partial charge on any atom is 0.262 e. The number of rotatable bonds is 10. The van der Waals surface area contributed by atoms with Gasteiger partial charge in [-0.2, -0.15) is 0 Å². The molecule has 0 bridgehead atoms. The molecule has 5 aromatic rings.